The van der Waals surface area contributed by atoms with Gasteiger partial charge in [0.25, 0.3) is 0 Å². The molecule has 0 fully saturated rings. The van der Waals surface area contributed by atoms with Crippen LogP contribution < -0.4 is 10.6 Å². The van der Waals surface area contributed by atoms with Crippen LogP contribution in [-0.4, -0.2) is 25.1 Å². The Hall–Kier alpha value is -1.97. The Bertz CT molecular complexity index is 540. The summed E-state index contributed by atoms with van der Waals surface area (Å²) in [4.78, 5) is 4.35. The Kier molecular flexibility index (Phi) is 2.92. The van der Waals surface area contributed by atoms with Crippen LogP contribution in [0.4, 0.5) is 0 Å². The molecule has 3 rings (SSSR count). The van der Waals surface area contributed by atoms with Gasteiger partial charge in [0.1, 0.15) is 11.3 Å². The van der Waals surface area contributed by atoms with Crippen LogP contribution in [0, 0.1) is 0 Å². The molecule has 4 nitrogen and oxygen atoms in total. The van der Waals surface area contributed by atoms with E-state index in [2.05, 4.69) is 34.7 Å². The van der Waals surface area contributed by atoms with Crippen molar-refractivity contribution >= 4 is 16.9 Å². The van der Waals surface area contributed by atoms with Crippen LogP contribution in [0.3, 0.4) is 0 Å². The van der Waals surface area contributed by atoms with E-state index in [0.29, 0.717) is 6.04 Å². The summed E-state index contributed by atoms with van der Waals surface area (Å²) in [7, 11) is 0. The summed E-state index contributed by atoms with van der Waals surface area (Å²) in [5.74, 6) is 1.91. The lowest BCUT2D eigenvalue weighted by Gasteiger charge is -2.07. The fourth-order valence-electron chi connectivity index (χ4n) is 2.12. The fraction of sp³-hybridized carbons (Fsp3) is 0.357. The lowest BCUT2D eigenvalue weighted by molar-refractivity contribution is 0.545. The first kappa shape index (κ1) is 11.1. The highest BCUT2D eigenvalue weighted by molar-refractivity contribution is 5.81. The molecular weight excluding hydrogens is 226 g/mol. The third-order valence-electron chi connectivity index (χ3n) is 3.05. The second-order valence-corrected chi connectivity index (χ2v) is 4.66. The number of aliphatic imine (C=N–C) groups is 1. The molecule has 0 spiro atoms. The summed E-state index contributed by atoms with van der Waals surface area (Å²) in [6.07, 6.45) is 0.865. The van der Waals surface area contributed by atoms with Crippen molar-refractivity contribution in [1.82, 2.24) is 10.6 Å². The van der Waals surface area contributed by atoms with E-state index in [0.717, 1.165) is 42.2 Å². The third-order valence-corrected chi connectivity index (χ3v) is 3.05. The van der Waals surface area contributed by atoms with Gasteiger partial charge >= 0.3 is 0 Å². The van der Waals surface area contributed by atoms with Crippen LogP contribution >= 0.6 is 0 Å². The fourth-order valence-corrected chi connectivity index (χ4v) is 2.12. The van der Waals surface area contributed by atoms with Gasteiger partial charge < -0.3 is 15.1 Å². The van der Waals surface area contributed by atoms with Crippen molar-refractivity contribution in [1.29, 1.82) is 0 Å². The van der Waals surface area contributed by atoms with E-state index in [1.165, 1.54) is 0 Å². The zero-order chi connectivity index (χ0) is 12.4. The number of hydrogen-bond acceptors (Lipinski definition) is 4. The van der Waals surface area contributed by atoms with E-state index < -0.39 is 0 Å². The predicted octanol–water partition coefficient (Wildman–Crippen LogP) is 1.91. The molecule has 0 saturated heterocycles. The number of furan rings is 1. The first-order valence-corrected chi connectivity index (χ1v) is 6.33. The van der Waals surface area contributed by atoms with Crippen molar-refractivity contribution in [2.75, 3.05) is 13.1 Å². The maximum absolute atomic E-state index is 5.75. The Morgan fingerprint density at radius 1 is 1.44 bits per heavy atom. The normalized spacial score (nSPS) is 18.7. The monoisotopic (exact) mass is 243 g/mol. The van der Waals surface area contributed by atoms with Crippen molar-refractivity contribution in [3.8, 4) is 0 Å². The lowest BCUT2D eigenvalue weighted by Crippen LogP contribution is -2.38. The van der Waals surface area contributed by atoms with Gasteiger partial charge in [0.05, 0.1) is 6.54 Å². The molecule has 1 aromatic carbocycles. The molecule has 0 bridgehead atoms. The number of hydrogen-bond donors (Lipinski definition) is 2. The molecule has 1 unspecified atom stereocenters. The predicted molar refractivity (Wildman–Crippen MR) is 72.8 cm³/mol. The summed E-state index contributed by atoms with van der Waals surface area (Å²) in [5, 5.41) is 7.72. The highest BCUT2D eigenvalue weighted by Gasteiger charge is 2.11. The van der Waals surface area contributed by atoms with Gasteiger partial charge in [0.2, 0.25) is 0 Å². The number of rotatable bonds is 3. The molecule has 18 heavy (non-hydrogen) atoms. The maximum Gasteiger partial charge on any atom is 0.191 e. The highest BCUT2D eigenvalue weighted by Crippen LogP contribution is 2.18. The van der Waals surface area contributed by atoms with E-state index in [9.17, 15) is 0 Å². The second-order valence-electron chi connectivity index (χ2n) is 4.66. The zero-order valence-corrected chi connectivity index (χ0v) is 10.4. The van der Waals surface area contributed by atoms with E-state index in [-0.39, 0.29) is 0 Å². The highest BCUT2D eigenvalue weighted by atomic mass is 16.3. The Labute approximate surface area is 106 Å². The molecule has 2 N–H and O–H groups in total. The molecule has 0 radical (unpaired) electrons. The van der Waals surface area contributed by atoms with E-state index in [1.54, 1.807) is 0 Å². The first-order valence-electron chi connectivity index (χ1n) is 6.33. The first-order chi connectivity index (χ1) is 8.81. The smallest absolute Gasteiger partial charge is 0.191 e. The van der Waals surface area contributed by atoms with Gasteiger partial charge in [-0.15, -0.1) is 0 Å². The molecule has 0 saturated carbocycles. The van der Waals surface area contributed by atoms with Gasteiger partial charge in [-0.3, -0.25) is 4.99 Å². The molecule has 2 aromatic rings. The van der Waals surface area contributed by atoms with Crippen LogP contribution in [0.25, 0.3) is 11.0 Å². The van der Waals surface area contributed by atoms with Gasteiger partial charge in [-0.1, -0.05) is 18.2 Å². The Morgan fingerprint density at radius 2 is 2.33 bits per heavy atom. The lowest BCUT2D eigenvalue weighted by atomic mass is 10.2. The molecule has 1 atom stereocenters. The molecule has 0 aliphatic carbocycles. The quantitative estimate of drug-likeness (QED) is 0.865. The molecule has 94 valence electrons. The minimum atomic E-state index is 0.443. The van der Waals surface area contributed by atoms with Crippen molar-refractivity contribution < 1.29 is 4.42 Å². The van der Waals surface area contributed by atoms with Crippen molar-refractivity contribution in [3.05, 3.63) is 36.1 Å². The van der Waals surface area contributed by atoms with Gasteiger partial charge in [0, 0.05) is 24.4 Å². The minimum absolute atomic E-state index is 0.443. The van der Waals surface area contributed by atoms with Crippen LogP contribution in [0.2, 0.25) is 0 Å². The van der Waals surface area contributed by atoms with Gasteiger partial charge in [-0.25, -0.2) is 0 Å². The van der Waals surface area contributed by atoms with Crippen molar-refractivity contribution in [2.45, 2.75) is 19.4 Å². The van der Waals surface area contributed by atoms with Crippen LogP contribution in [0.15, 0.2) is 39.7 Å². The number of para-hydroxylation sites is 1. The van der Waals surface area contributed by atoms with Crippen LogP contribution in [0.5, 0.6) is 0 Å². The average Bonchev–Trinajstić information content (AvgIpc) is 2.95. The van der Waals surface area contributed by atoms with Crippen LogP contribution in [-0.2, 0) is 6.42 Å². The van der Waals surface area contributed by atoms with E-state index in [1.807, 2.05) is 18.2 Å². The van der Waals surface area contributed by atoms with Gasteiger partial charge in [-0.05, 0) is 19.1 Å². The van der Waals surface area contributed by atoms with E-state index in [4.69, 9.17) is 4.42 Å². The topological polar surface area (TPSA) is 49.6 Å². The Balaban J connectivity index is 1.57. The van der Waals surface area contributed by atoms with Gasteiger partial charge in [-0.2, -0.15) is 0 Å². The molecular formula is C14H17N3O. The Morgan fingerprint density at radius 3 is 3.11 bits per heavy atom. The van der Waals surface area contributed by atoms with Crippen molar-refractivity contribution in [3.63, 3.8) is 0 Å². The zero-order valence-electron chi connectivity index (χ0n) is 10.4. The standard InChI is InChI=1S/C14H17N3O/c1-10-9-16-14(17-10)15-7-6-12-8-11-4-2-3-5-13(11)18-12/h2-5,8,10H,6-7,9H2,1H3,(H2,15,16,17). The minimum Gasteiger partial charge on any atom is -0.461 e. The third kappa shape index (κ3) is 2.32. The molecule has 0 amide bonds. The number of benzene rings is 1. The van der Waals surface area contributed by atoms with Gasteiger partial charge in [0.15, 0.2) is 5.96 Å². The van der Waals surface area contributed by atoms with E-state index >= 15 is 0 Å². The summed E-state index contributed by atoms with van der Waals surface area (Å²) in [6.45, 7) is 3.81. The molecule has 2 heterocycles. The molecule has 1 aliphatic rings. The number of guanidine groups is 1. The number of fused-ring (bicyclic) bond motifs is 1. The largest absolute Gasteiger partial charge is 0.461 e. The second kappa shape index (κ2) is 4.72. The maximum atomic E-state index is 5.75. The summed E-state index contributed by atoms with van der Waals surface area (Å²) < 4.78 is 5.75. The summed E-state index contributed by atoms with van der Waals surface area (Å²) in [5.41, 5.74) is 0.956. The molecule has 1 aromatic heterocycles. The van der Waals surface area contributed by atoms with Crippen molar-refractivity contribution in [2.24, 2.45) is 4.99 Å². The number of nitrogens with one attached hydrogen (secondary N) is 2. The SMILES string of the molecule is CC1CN=C(NCCc2cc3ccccc3o2)N1. The molecule has 1 aliphatic heterocycles. The number of nitrogens with zero attached hydrogens (tertiary/aromatic N) is 1. The summed E-state index contributed by atoms with van der Waals surface area (Å²) in [6, 6.07) is 10.6. The van der Waals surface area contributed by atoms with Crippen LogP contribution in [0.1, 0.15) is 12.7 Å². The average molecular weight is 243 g/mol. The summed E-state index contributed by atoms with van der Waals surface area (Å²) >= 11 is 0. The molecule has 4 heteroatoms.